The van der Waals surface area contributed by atoms with Gasteiger partial charge in [-0.3, -0.25) is 4.72 Å². The molecule has 0 saturated heterocycles. The molecule has 2 N–H and O–H groups in total. The van der Waals surface area contributed by atoms with Gasteiger partial charge in [-0.1, -0.05) is 18.2 Å². The number of aliphatic hydroxyl groups is 1. The topological polar surface area (TPSA) is 66.4 Å². The minimum Gasteiger partial charge on any atom is -0.392 e. The number of benzene rings is 2. The molecule has 2 aromatic carbocycles. The first kappa shape index (κ1) is 15.8. The van der Waals surface area contributed by atoms with Gasteiger partial charge in [0.05, 0.1) is 12.3 Å². The Hall–Kier alpha value is -1.57. The molecule has 112 valence electrons. The standard InChI is InChI=1S/C14H14FNO3S2/c1-20-13-5-3-2-4-12(13)16-21(18,19)14-8-10(9-17)6-7-11(14)15/h2-8,16-17H,9H2,1H3. The van der Waals surface area contributed by atoms with Crippen molar-refractivity contribution in [3.63, 3.8) is 0 Å². The van der Waals surface area contributed by atoms with Gasteiger partial charge in [-0.15, -0.1) is 11.8 Å². The molecule has 0 aliphatic carbocycles. The lowest BCUT2D eigenvalue weighted by Crippen LogP contribution is -2.15. The Bertz CT molecular complexity index is 748. The number of sulfonamides is 1. The first-order valence-electron chi connectivity index (χ1n) is 6.03. The molecule has 0 unspecified atom stereocenters. The van der Waals surface area contributed by atoms with Crippen molar-refractivity contribution in [2.24, 2.45) is 0 Å². The van der Waals surface area contributed by atoms with E-state index in [9.17, 15) is 12.8 Å². The highest BCUT2D eigenvalue weighted by molar-refractivity contribution is 7.99. The van der Waals surface area contributed by atoms with Crippen LogP contribution in [0.15, 0.2) is 52.3 Å². The van der Waals surface area contributed by atoms with Gasteiger partial charge in [0, 0.05) is 4.90 Å². The normalized spacial score (nSPS) is 11.4. The van der Waals surface area contributed by atoms with Crippen LogP contribution in [-0.2, 0) is 16.6 Å². The lowest BCUT2D eigenvalue weighted by molar-refractivity contribution is 0.281. The van der Waals surface area contributed by atoms with Crippen molar-refractivity contribution in [1.82, 2.24) is 0 Å². The van der Waals surface area contributed by atoms with Gasteiger partial charge in [0.1, 0.15) is 10.7 Å². The number of halogens is 1. The van der Waals surface area contributed by atoms with Crippen LogP contribution < -0.4 is 4.72 Å². The van der Waals surface area contributed by atoms with Gasteiger partial charge in [-0.2, -0.15) is 0 Å². The predicted molar refractivity (Wildman–Crippen MR) is 81.4 cm³/mol. The second-order valence-electron chi connectivity index (χ2n) is 4.23. The van der Waals surface area contributed by atoms with Crippen LogP contribution in [0.4, 0.5) is 10.1 Å². The number of nitrogens with one attached hydrogen (secondary N) is 1. The van der Waals surface area contributed by atoms with Gasteiger partial charge >= 0.3 is 0 Å². The fraction of sp³-hybridized carbons (Fsp3) is 0.143. The van der Waals surface area contributed by atoms with Crippen LogP contribution in [-0.4, -0.2) is 19.8 Å². The van der Waals surface area contributed by atoms with E-state index in [2.05, 4.69) is 4.72 Å². The van der Waals surface area contributed by atoms with Crippen molar-refractivity contribution >= 4 is 27.5 Å². The van der Waals surface area contributed by atoms with Crippen molar-refractivity contribution in [2.45, 2.75) is 16.4 Å². The van der Waals surface area contributed by atoms with Crippen LogP contribution in [0, 0.1) is 5.82 Å². The third-order valence-electron chi connectivity index (χ3n) is 2.82. The molecule has 7 heteroatoms. The van der Waals surface area contributed by atoms with Crippen LogP contribution in [0.5, 0.6) is 0 Å². The van der Waals surface area contributed by atoms with E-state index in [-0.39, 0.29) is 6.61 Å². The molecule has 2 rings (SSSR count). The van der Waals surface area contributed by atoms with E-state index in [1.54, 1.807) is 24.3 Å². The molecule has 0 radical (unpaired) electrons. The molecular weight excluding hydrogens is 313 g/mol. The van der Waals surface area contributed by atoms with Crippen LogP contribution >= 0.6 is 11.8 Å². The number of anilines is 1. The number of para-hydroxylation sites is 1. The average molecular weight is 327 g/mol. The zero-order valence-electron chi connectivity index (χ0n) is 11.2. The van der Waals surface area contributed by atoms with E-state index in [0.29, 0.717) is 11.3 Å². The molecule has 0 spiro atoms. The zero-order chi connectivity index (χ0) is 15.5. The van der Waals surface area contributed by atoms with Crippen LogP contribution in [0.2, 0.25) is 0 Å². The Morgan fingerprint density at radius 2 is 1.95 bits per heavy atom. The highest BCUT2D eigenvalue weighted by atomic mass is 32.2. The molecule has 2 aromatic rings. The summed E-state index contributed by atoms with van der Waals surface area (Å²) in [6.07, 6.45) is 1.82. The summed E-state index contributed by atoms with van der Waals surface area (Å²) in [5.74, 6) is -0.860. The van der Waals surface area contributed by atoms with E-state index < -0.39 is 20.7 Å². The number of rotatable bonds is 5. The van der Waals surface area contributed by atoms with Gasteiger partial charge in [-0.05, 0) is 36.1 Å². The van der Waals surface area contributed by atoms with Crippen molar-refractivity contribution in [2.75, 3.05) is 11.0 Å². The molecule has 4 nitrogen and oxygen atoms in total. The summed E-state index contributed by atoms with van der Waals surface area (Å²) in [7, 11) is -4.06. The molecule has 21 heavy (non-hydrogen) atoms. The maximum Gasteiger partial charge on any atom is 0.264 e. The Balaban J connectivity index is 2.43. The molecule has 0 fully saturated rings. The third-order valence-corrected chi connectivity index (χ3v) is 5.00. The highest BCUT2D eigenvalue weighted by Gasteiger charge is 2.20. The van der Waals surface area contributed by atoms with E-state index >= 15 is 0 Å². The average Bonchev–Trinajstić information content (AvgIpc) is 2.47. The lowest BCUT2D eigenvalue weighted by atomic mass is 10.2. The van der Waals surface area contributed by atoms with E-state index in [0.717, 1.165) is 17.0 Å². The van der Waals surface area contributed by atoms with Crippen LogP contribution in [0.1, 0.15) is 5.56 Å². The molecule has 0 aliphatic rings. The van der Waals surface area contributed by atoms with E-state index in [1.165, 1.54) is 17.8 Å². The van der Waals surface area contributed by atoms with Crippen LogP contribution in [0.3, 0.4) is 0 Å². The van der Waals surface area contributed by atoms with E-state index in [1.807, 2.05) is 6.26 Å². The zero-order valence-corrected chi connectivity index (χ0v) is 12.8. The Morgan fingerprint density at radius 3 is 2.62 bits per heavy atom. The van der Waals surface area contributed by atoms with Crippen molar-refractivity contribution in [3.8, 4) is 0 Å². The third kappa shape index (κ3) is 3.55. The molecule has 0 amide bonds. The molecule has 0 atom stereocenters. The number of hydrogen-bond acceptors (Lipinski definition) is 4. The summed E-state index contributed by atoms with van der Waals surface area (Å²) >= 11 is 1.38. The number of hydrogen-bond donors (Lipinski definition) is 2. The minimum atomic E-state index is -4.06. The lowest BCUT2D eigenvalue weighted by Gasteiger charge is -2.12. The predicted octanol–water partition coefficient (Wildman–Crippen LogP) is 2.84. The van der Waals surface area contributed by atoms with E-state index in [4.69, 9.17) is 5.11 Å². The minimum absolute atomic E-state index is 0.329. The fourth-order valence-electron chi connectivity index (χ4n) is 1.78. The van der Waals surface area contributed by atoms with Gasteiger partial charge in [0.25, 0.3) is 10.0 Å². The number of thioether (sulfide) groups is 1. The first-order valence-corrected chi connectivity index (χ1v) is 8.74. The van der Waals surface area contributed by atoms with Gasteiger partial charge in [0.2, 0.25) is 0 Å². The van der Waals surface area contributed by atoms with Gasteiger partial charge < -0.3 is 5.11 Å². The molecule has 0 saturated carbocycles. The summed E-state index contributed by atoms with van der Waals surface area (Å²) in [6.45, 7) is -0.357. The molecule has 0 aromatic heterocycles. The summed E-state index contributed by atoms with van der Waals surface area (Å²) in [5, 5.41) is 9.05. The summed E-state index contributed by atoms with van der Waals surface area (Å²) in [4.78, 5) is 0.254. The van der Waals surface area contributed by atoms with Crippen molar-refractivity contribution in [3.05, 3.63) is 53.8 Å². The maximum atomic E-state index is 13.8. The van der Waals surface area contributed by atoms with Crippen molar-refractivity contribution in [1.29, 1.82) is 0 Å². The van der Waals surface area contributed by atoms with Gasteiger partial charge in [0.15, 0.2) is 0 Å². The molecule has 0 aliphatic heterocycles. The van der Waals surface area contributed by atoms with Gasteiger partial charge in [-0.25, -0.2) is 12.8 Å². The smallest absolute Gasteiger partial charge is 0.264 e. The SMILES string of the molecule is CSc1ccccc1NS(=O)(=O)c1cc(CO)ccc1F. The second kappa shape index (κ2) is 6.46. The Kier molecular flexibility index (Phi) is 4.87. The Morgan fingerprint density at radius 1 is 1.24 bits per heavy atom. The van der Waals surface area contributed by atoms with Crippen molar-refractivity contribution < 1.29 is 17.9 Å². The number of aliphatic hydroxyl groups excluding tert-OH is 1. The molecule has 0 heterocycles. The summed E-state index contributed by atoms with van der Waals surface area (Å²) in [5.41, 5.74) is 0.716. The molecule has 0 bridgehead atoms. The molecular formula is C14H14FNO3S2. The fourth-order valence-corrected chi connectivity index (χ4v) is 3.61. The largest absolute Gasteiger partial charge is 0.392 e. The summed E-state index contributed by atoms with van der Waals surface area (Å²) < 4.78 is 40.8. The maximum absolute atomic E-state index is 13.8. The second-order valence-corrected chi connectivity index (χ2v) is 6.73. The first-order chi connectivity index (χ1) is 9.97. The Labute approximate surface area is 127 Å². The highest BCUT2D eigenvalue weighted by Crippen LogP contribution is 2.27. The summed E-state index contributed by atoms with van der Waals surface area (Å²) in [6, 6.07) is 10.3. The monoisotopic (exact) mass is 327 g/mol. The van der Waals surface area contributed by atoms with Crippen LogP contribution in [0.25, 0.3) is 0 Å². The quantitative estimate of drug-likeness (QED) is 0.829.